The van der Waals surface area contributed by atoms with Gasteiger partial charge in [0.15, 0.2) is 17.4 Å². The van der Waals surface area contributed by atoms with Gasteiger partial charge in [0.25, 0.3) is 0 Å². The molecule has 96 valence electrons. The SMILES string of the molecule is CC(C)(C)OCCOc1c(F)cc(N)cc1F. The van der Waals surface area contributed by atoms with E-state index in [0.717, 1.165) is 12.1 Å². The number of rotatable bonds is 4. The number of hydrogen-bond donors (Lipinski definition) is 1. The molecule has 0 amide bonds. The molecule has 0 saturated carbocycles. The van der Waals surface area contributed by atoms with Gasteiger partial charge in [-0.3, -0.25) is 0 Å². The fraction of sp³-hybridized carbons (Fsp3) is 0.500. The maximum absolute atomic E-state index is 13.3. The Labute approximate surface area is 99.5 Å². The summed E-state index contributed by atoms with van der Waals surface area (Å²) in [6, 6.07) is 2.03. The number of ether oxygens (including phenoxy) is 2. The van der Waals surface area contributed by atoms with E-state index >= 15 is 0 Å². The molecule has 0 unspecified atom stereocenters. The van der Waals surface area contributed by atoms with Crippen LogP contribution in [0, 0.1) is 11.6 Å². The van der Waals surface area contributed by atoms with Crippen LogP contribution in [0.3, 0.4) is 0 Å². The molecule has 0 heterocycles. The molecule has 1 aromatic rings. The number of benzene rings is 1. The minimum absolute atomic E-state index is 0.0262. The van der Waals surface area contributed by atoms with Crippen LogP contribution in [0.1, 0.15) is 20.8 Å². The molecule has 2 N–H and O–H groups in total. The van der Waals surface area contributed by atoms with Crippen LogP contribution in [0.25, 0.3) is 0 Å². The fourth-order valence-corrected chi connectivity index (χ4v) is 1.21. The molecule has 1 aromatic carbocycles. The molecule has 17 heavy (non-hydrogen) atoms. The predicted octanol–water partition coefficient (Wildman–Crippen LogP) is 2.74. The summed E-state index contributed by atoms with van der Waals surface area (Å²) in [5, 5.41) is 0. The number of nitrogens with two attached hydrogens (primary N) is 1. The standard InChI is InChI=1S/C12H17F2NO2/c1-12(2,3)17-5-4-16-11-9(13)6-8(15)7-10(11)14/h6-7H,4-5,15H2,1-3H3. The molecule has 0 aliphatic rings. The van der Waals surface area contributed by atoms with E-state index < -0.39 is 17.4 Å². The first kappa shape index (κ1) is 13.7. The smallest absolute Gasteiger partial charge is 0.190 e. The van der Waals surface area contributed by atoms with E-state index in [1.54, 1.807) is 0 Å². The number of anilines is 1. The highest BCUT2D eigenvalue weighted by molar-refractivity contribution is 5.44. The molecule has 0 radical (unpaired) electrons. The molecular weight excluding hydrogens is 228 g/mol. The van der Waals surface area contributed by atoms with Crippen LogP contribution in [0.4, 0.5) is 14.5 Å². The van der Waals surface area contributed by atoms with E-state index in [0.29, 0.717) is 0 Å². The predicted molar refractivity (Wildman–Crippen MR) is 62.0 cm³/mol. The lowest BCUT2D eigenvalue weighted by Crippen LogP contribution is -2.22. The second-order valence-electron chi connectivity index (χ2n) is 4.62. The van der Waals surface area contributed by atoms with E-state index in [1.807, 2.05) is 20.8 Å². The maximum Gasteiger partial charge on any atom is 0.190 e. The lowest BCUT2D eigenvalue weighted by molar-refractivity contribution is -0.0170. The van der Waals surface area contributed by atoms with Crippen molar-refractivity contribution >= 4 is 5.69 Å². The third-order valence-electron chi connectivity index (χ3n) is 1.89. The Kier molecular flexibility index (Phi) is 4.28. The average Bonchev–Trinajstić information content (AvgIpc) is 2.13. The van der Waals surface area contributed by atoms with Gasteiger partial charge in [0.2, 0.25) is 0 Å². The van der Waals surface area contributed by atoms with Crippen LogP contribution in [-0.4, -0.2) is 18.8 Å². The van der Waals surface area contributed by atoms with Crippen LogP contribution < -0.4 is 10.5 Å². The lowest BCUT2D eigenvalue weighted by Gasteiger charge is -2.19. The Hall–Kier alpha value is -1.36. The Morgan fingerprint density at radius 1 is 1.12 bits per heavy atom. The van der Waals surface area contributed by atoms with Gasteiger partial charge >= 0.3 is 0 Å². The van der Waals surface area contributed by atoms with Gasteiger partial charge in [-0.15, -0.1) is 0 Å². The summed E-state index contributed by atoms with van der Waals surface area (Å²) in [6.07, 6.45) is 0. The zero-order valence-electron chi connectivity index (χ0n) is 10.2. The molecule has 0 aliphatic carbocycles. The van der Waals surface area contributed by atoms with Crippen molar-refractivity contribution < 1.29 is 18.3 Å². The zero-order valence-corrected chi connectivity index (χ0v) is 10.2. The quantitative estimate of drug-likeness (QED) is 0.655. The highest BCUT2D eigenvalue weighted by atomic mass is 19.1. The molecule has 0 atom stereocenters. The van der Waals surface area contributed by atoms with Crippen molar-refractivity contribution in [3.63, 3.8) is 0 Å². The van der Waals surface area contributed by atoms with Crippen LogP contribution >= 0.6 is 0 Å². The van der Waals surface area contributed by atoms with E-state index in [1.165, 1.54) is 0 Å². The van der Waals surface area contributed by atoms with Crippen molar-refractivity contribution in [2.45, 2.75) is 26.4 Å². The average molecular weight is 245 g/mol. The molecule has 0 fully saturated rings. The van der Waals surface area contributed by atoms with Crippen molar-refractivity contribution in [1.29, 1.82) is 0 Å². The Morgan fingerprint density at radius 2 is 1.65 bits per heavy atom. The fourth-order valence-electron chi connectivity index (χ4n) is 1.21. The summed E-state index contributed by atoms with van der Waals surface area (Å²) in [5.41, 5.74) is 5.00. The summed E-state index contributed by atoms with van der Waals surface area (Å²) < 4.78 is 36.9. The van der Waals surface area contributed by atoms with Crippen molar-refractivity contribution in [2.24, 2.45) is 0 Å². The monoisotopic (exact) mass is 245 g/mol. The van der Waals surface area contributed by atoms with E-state index in [2.05, 4.69) is 0 Å². The van der Waals surface area contributed by atoms with Crippen LogP contribution in [0.2, 0.25) is 0 Å². The lowest BCUT2D eigenvalue weighted by atomic mass is 10.2. The molecule has 0 saturated heterocycles. The van der Waals surface area contributed by atoms with Crippen molar-refractivity contribution in [1.82, 2.24) is 0 Å². The zero-order chi connectivity index (χ0) is 13.1. The first-order valence-corrected chi connectivity index (χ1v) is 5.31. The van der Waals surface area contributed by atoms with Crippen LogP contribution in [0.5, 0.6) is 5.75 Å². The molecule has 1 rings (SSSR count). The highest BCUT2D eigenvalue weighted by Crippen LogP contribution is 2.24. The molecule has 0 aliphatic heterocycles. The summed E-state index contributed by atoms with van der Waals surface area (Å²) in [7, 11) is 0. The second kappa shape index (κ2) is 5.31. The Bertz CT molecular complexity index is 366. The second-order valence-corrected chi connectivity index (χ2v) is 4.62. The summed E-state index contributed by atoms with van der Waals surface area (Å²) in [5.74, 6) is -2.03. The Morgan fingerprint density at radius 3 is 2.12 bits per heavy atom. The molecule has 3 nitrogen and oxygen atoms in total. The Balaban J connectivity index is 2.53. The van der Waals surface area contributed by atoms with Gasteiger partial charge < -0.3 is 15.2 Å². The maximum atomic E-state index is 13.3. The van der Waals surface area contributed by atoms with E-state index in [-0.39, 0.29) is 24.5 Å². The van der Waals surface area contributed by atoms with E-state index in [4.69, 9.17) is 15.2 Å². The van der Waals surface area contributed by atoms with Crippen molar-refractivity contribution in [3.8, 4) is 5.75 Å². The minimum Gasteiger partial charge on any atom is -0.485 e. The molecular formula is C12H17F2NO2. The van der Waals surface area contributed by atoms with Crippen molar-refractivity contribution in [2.75, 3.05) is 18.9 Å². The van der Waals surface area contributed by atoms with Gasteiger partial charge in [0.05, 0.1) is 12.2 Å². The third kappa shape index (κ3) is 4.56. The molecule has 5 heteroatoms. The van der Waals surface area contributed by atoms with Gasteiger partial charge in [0.1, 0.15) is 6.61 Å². The summed E-state index contributed by atoms with van der Waals surface area (Å²) >= 11 is 0. The van der Waals surface area contributed by atoms with Crippen molar-refractivity contribution in [3.05, 3.63) is 23.8 Å². The van der Waals surface area contributed by atoms with E-state index in [9.17, 15) is 8.78 Å². The normalized spacial score (nSPS) is 11.6. The number of halogens is 2. The van der Waals surface area contributed by atoms with Gasteiger partial charge in [-0.05, 0) is 20.8 Å². The molecule has 0 spiro atoms. The largest absolute Gasteiger partial charge is 0.485 e. The molecule has 0 bridgehead atoms. The third-order valence-corrected chi connectivity index (χ3v) is 1.89. The topological polar surface area (TPSA) is 44.5 Å². The van der Waals surface area contributed by atoms with Gasteiger partial charge in [-0.2, -0.15) is 0 Å². The number of hydrogen-bond acceptors (Lipinski definition) is 3. The van der Waals surface area contributed by atoms with Gasteiger partial charge in [-0.25, -0.2) is 8.78 Å². The van der Waals surface area contributed by atoms with Gasteiger partial charge in [0, 0.05) is 17.8 Å². The number of nitrogen functional groups attached to an aromatic ring is 1. The van der Waals surface area contributed by atoms with Crippen LogP contribution in [0.15, 0.2) is 12.1 Å². The van der Waals surface area contributed by atoms with Gasteiger partial charge in [-0.1, -0.05) is 0 Å². The first-order chi connectivity index (χ1) is 7.79. The highest BCUT2D eigenvalue weighted by Gasteiger charge is 2.13. The van der Waals surface area contributed by atoms with Crippen LogP contribution in [-0.2, 0) is 4.74 Å². The molecule has 0 aromatic heterocycles. The summed E-state index contributed by atoms with van der Waals surface area (Å²) in [6.45, 7) is 5.99. The first-order valence-electron chi connectivity index (χ1n) is 5.31. The minimum atomic E-state index is -0.807. The summed E-state index contributed by atoms with van der Waals surface area (Å²) in [4.78, 5) is 0.